The van der Waals surface area contributed by atoms with E-state index in [-0.39, 0.29) is 6.61 Å². The van der Waals surface area contributed by atoms with Gasteiger partial charge >= 0.3 is 5.97 Å². The number of carbonyl (C=O) groups excluding carboxylic acids is 1. The number of benzene rings is 1. The minimum Gasteiger partial charge on any atom is -0.465 e. The molecule has 0 saturated carbocycles. The Morgan fingerprint density at radius 3 is 2.83 bits per heavy atom. The lowest BCUT2D eigenvalue weighted by Gasteiger charge is -2.21. The highest BCUT2D eigenvalue weighted by Crippen LogP contribution is 2.36. The summed E-state index contributed by atoms with van der Waals surface area (Å²) in [4.78, 5) is 16.5. The fraction of sp³-hybridized carbons (Fsp3) is 0.222. The Hall–Kier alpha value is -2.66. The molecule has 0 aliphatic heterocycles. The van der Waals surface area contributed by atoms with Crippen molar-refractivity contribution in [2.75, 3.05) is 6.61 Å². The molecule has 0 fully saturated rings. The summed E-state index contributed by atoms with van der Waals surface area (Å²) in [6.45, 7) is 1.98. The molecule has 0 radical (unpaired) electrons. The molecule has 2 aromatic heterocycles. The molecule has 0 bridgehead atoms. The van der Waals surface area contributed by atoms with Gasteiger partial charge in [-0.15, -0.1) is 0 Å². The van der Waals surface area contributed by atoms with Gasteiger partial charge in [0.15, 0.2) is 5.58 Å². The number of ether oxygens (including phenoxy) is 1. The molecule has 0 aliphatic rings. The minimum absolute atomic E-state index is 0.244. The Labute approximate surface area is 133 Å². The van der Waals surface area contributed by atoms with Crippen molar-refractivity contribution < 1.29 is 19.1 Å². The topological polar surface area (TPSA) is 72.6 Å². The number of hydrogen-bond acceptors (Lipinski definition) is 5. The van der Waals surface area contributed by atoms with Gasteiger partial charge in [0.2, 0.25) is 0 Å². The lowest BCUT2D eigenvalue weighted by molar-refractivity contribution is -0.148. The fourth-order valence-electron chi connectivity index (χ4n) is 2.64. The third-order valence-electron chi connectivity index (χ3n) is 3.74. The van der Waals surface area contributed by atoms with Crippen molar-refractivity contribution in [2.24, 2.45) is 0 Å². The Bertz CT molecular complexity index is 797. The SMILES string of the molecule is CCOC(=O)C(c1coc2cnccc12)C(O)c1ccccc1. The van der Waals surface area contributed by atoms with Crippen LogP contribution in [0.5, 0.6) is 0 Å². The van der Waals surface area contributed by atoms with Gasteiger partial charge in [-0.25, -0.2) is 0 Å². The first-order valence-electron chi connectivity index (χ1n) is 7.43. The molecule has 2 unspecified atom stereocenters. The molecule has 23 heavy (non-hydrogen) atoms. The second-order valence-corrected chi connectivity index (χ2v) is 5.15. The highest BCUT2D eigenvalue weighted by atomic mass is 16.5. The van der Waals surface area contributed by atoms with E-state index in [1.54, 1.807) is 37.5 Å². The number of pyridine rings is 1. The molecule has 0 amide bonds. The summed E-state index contributed by atoms with van der Waals surface area (Å²) < 4.78 is 10.6. The predicted octanol–water partition coefficient (Wildman–Crippen LogP) is 3.21. The van der Waals surface area contributed by atoms with Crippen LogP contribution >= 0.6 is 0 Å². The van der Waals surface area contributed by atoms with Crippen LogP contribution in [0.3, 0.4) is 0 Å². The number of aliphatic hydroxyl groups excluding tert-OH is 1. The molecule has 2 atom stereocenters. The van der Waals surface area contributed by atoms with Crippen molar-refractivity contribution in [2.45, 2.75) is 18.9 Å². The molecule has 118 valence electrons. The van der Waals surface area contributed by atoms with Crippen LogP contribution in [0.2, 0.25) is 0 Å². The van der Waals surface area contributed by atoms with Gasteiger partial charge in [0, 0.05) is 17.1 Å². The van der Waals surface area contributed by atoms with Crippen LogP contribution in [0, 0.1) is 0 Å². The Morgan fingerprint density at radius 2 is 2.09 bits per heavy atom. The fourth-order valence-corrected chi connectivity index (χ4v) is 2.64. The average Bonchev–Trinajstić information content (AvgIpc) is 3.00. The van der Waals surface area contributed by atoms with Gasteiger partial charge < -0.3 is 14.3 Å². The van der Waals surface area contributed by atoms with Crippen molar-refractivity contribution >= 4 is 16.9 Å². The minimum atomic E-state index is -1.02. The molecular formula is C18H17NO4. The van der Waals surface area contributed by atoms with Crippen molar-refractivity contribution in [3.05, 3.63) is 66.2 Å². The van der Waals surface area contributed by atoms with Crippen molar-refractivity contribution in [3.8, 4) is 0 Å². The van der Waals surface area contributed by atoms with Gasteiger partial charge in [-0.1, -0.05) is 30.3 Å². The maximum Gasteiger partial charge on any atom is 0.316 e. The molecular weight excluding hydrogens is 294 g/mol. The number of fused-ring (bicyclic) bond motifs is 1. The van der Waals surface area contributed by atoms with Gasteiger partial charge in [-0.2, -0.15) is 0 Å². The van der Waals surface area contributed by atoms with E-state index in [2.05, 4.69) is 4.98 Å². The zero-order valence-corrected chi connectivity index (χ0v) is 12.7. The number of hydrogen-bond donors (Lipinski definition) is 1. The Balaban J connectivity index is 2.07. The normalized spacial score (nSPS) is 13.7. The molecule has 5 nitrogen and oxygen atoms in total. The first-order valence-corrected chi connectivity index (χ1v) is 7.43. The highest BCUT2D eigenvalue weighted by molar-refractivity contribution is 5.88. The van der Waals surface area contributed by atoms with E-state index in [1.165, 1.54) is 6.26 Å². The molecule has 0 spiro atoms. The number of rotatable bonds is 5. The number of aliphatic hydroxyl groups is 1. The summed E-state index contributed by atoms with van der Waals surface area (Å²) in [7, 11) is 0. The molecule has 1 N–H and O–H groups in total. The largest absolute Gasteiger partial charge is 0.465 e. The third-order valence-corrected chi connectivity index (χ3v) is 3.74. The van der Waals surface area contributed by atoms with E-state index in [9.17, 15) is 9.90 Å². The first kappa shape index (κ1) is 15.2. The quantitative estimate of drug-likeness (QED) is 0.732. The Kier molecular flexibility index (Phi) is 4.39. The van der Waals surface area contributed by atoms with Crippen LogP contribution in [0.15, 0.2) is 59.5 Å². The number of esters is 1. The lowest BCUT2D eigenvalue weighted by atomic mass is 9.89. The molecule has 3 aromatic rings. The molecule has 1 aromatic carbocycles. The van der Waals surface area contributed by atoms with Gasteiger partial charge in [0.05, 0.1) is 25.2 Å². The zero-order valence-electron chi connectivity index (χ0n) is 12.7. The number of furan rings is 1. The van der Waals surface area contributed by atoms with Gasteiger partial charge in [0.1, 0.15) is 5.92 Å². The maximum atomic E-state index is 12.5. The third kappa shape index (κ3) is 2.96. The van der Waals surface area contributed by atoms with Crippen LogP contribution < -0.4 is 0 Å². The molecule has 3 rings (SSSR count). The first-order chi connectivity index (χ1) is 11.2. The van der Waals surface area contributed by atoms with E-state index in [0.29, 0.717) is 16.7 Å². The van der Waals surface area contributed by atoms with Crippen LogP contribution in [-0.4, -0.2) is 22.7 Å². The second kappa shape index (κ2) is 6.62. The highest BCUT2D eigenvalue weighted by Gasteiger charge is 2.33. The molecule has 0 aliphatic carbocycles. The number of carbonyl (C=O) groups is 1. The monoisotopic (exact) mass is 311 g/mol. The second-order valence-electron chi connectivity index (χ2n) is 5.15. The van der Waals surface area contributed by atoms with Crippen LogP contribution in [0.1, 0.15) is 30.1 Å². The average molecular weight is 311 g/mol. The summed E-state index contributed by atoms with van der Waals surface area (Å²) in [5.41, 5.74) is 1.81. The van der Waals surface area contributed by atoms with Crippen LogP contribution in [0.4, 0.5) is 0 Å². The predicted molar refractivity (Wildman–Crippen MR) is 84.8 cm³/mol. The smallest absolute Gasteiger partial charge is 0.316 e. The van der Waals surface area contributed by atoms with E-state index in [0.717, 1.165) is 5.39 Å². The number of nitrogens with zero attached hydrogens (tertiary/aromatic N) is 1. The van der Waals surface area contributed by atoms with E-state index in [4.69, 9.17) is 9.15 Å². The molecule has 2 heterocycles. The van der Waals surface area contributed by atoms with E-state index < -0.39 is 18.0 Å². The summed E-state index contributed by atoms with van der Waals surface area (Å²) in [5.74, 6) is -1.34. The van der Waals surface area contributed by atoms with Gasteiger partial charge in [-0.3, -0.25) is 9.78 Å². The zero-order chi connectivity index (χ0) is 16.2. The van der Waals surface area contributed by atoms with Crippen molar-refractivity contribution in [3.63, 3.8) is 0 Å². The van der Waals surface area contributed by atoms with E-state index >= 15 is 0 Å². The maximum absolute atomic E-state index is 12.5. The summed E-state index contributed by atoms with van der Waals surface area (Å²) in [6.07, 6.45) is 3.67. The Morgan fingerprint density at radius 1 is 1.30 bits per heavy atom. The van der Waals surface area contributed by atoms with Gasteiger partial charge in [-0.05, 0) is 18.6 Å². The molecule has 5 heteroatoms. The van der Waals surface area contributed by atoms with Crippen molar-refractivity contribution in [1.82, 2.24) is 4.98 Å². The van der Waals surface area contributed by atoms with Crippen molar-refractivity contribution in [1.29, 1.82) is 0 Å². The number of aromatic nitrogens is 1. The summed E-state index contributed by atoms with van der Waals surface area (Å²) in [6, 6.07) is 10.8. The summed E-state index contributed by atoms with van der Waals surface area (Å²) in [5, 5.41) is 11.5. The standard InChI is InChI=1S/C18H17NO4/c1-2-22-18(21)16(17(20)12-6-4-3-5-7-12)14-11-23-15-10-19-9-8-13(14)15/h3-11,16-17,20H,2H2,1H3. The molecule has 0 saturated heterocycles. The van der Waals surface area contributed by atoms with E-state index in [1.807, 2.05) is 18.2 Å². The van der Waals surface area contributed by atoms with Gasteiger partial charge in [0.25, 0.3) is 0 Å². The summed E-state index contributed by atoms with van der Waals surface area (Å²) >= 11 is 0. The van der Waals surface area contributed by atoms with Crippen LogP contribution in [0.25, 0.3) is 11.0 Å². The van der Waals surface area contributed by atoms with Crippen LogP contribution in [-0.2, 0) is 9.53 Å². The lowest BCUT2D eigenvalue weighted by Crippen LogP contribution is -2.22.